The van der Waals surface area contributed by atoms with Crippen LogP contribution in [0.1, 0.15) is 53.4 Å². The number of hydrogen-bond donors (Lipinski definition) is 1. The third-order valence-corrected chi connectivity index (χ3v) is 5.77. The van der Waals surface area contributed by atoms with Gasteiger partial charge in [0.1, 0.15) is 11.4 Å². The van der Waals surface area contributed by atoms with Crippen LogP contribution in [0.3, 0.4) is 0 Å². The standard InChI is InChI=1S/C24H23F3N2O4/c1-5-32-22(31)28-20-19(29-12-14-8-6-7-9-15(14)21(29)30)18-13(2)16(24(25,26)27)10-11-17(18)33-23(20,3)4/h6-11H,5,12H2,1-4H3,(H,28,31). The molecule has 0 saturated heterocycles. The quantitative estimate of drug-likeness (QED) is 0.679. The Morgan fingerprint density at radius 2 is 1.91 bits per heavy atom. The lowest BCUT2D eigenvalue weighted by molar-refractivity contribution is -0.138. The highest BCUT2D eigenvalue weighted by atomic mass is 19.4. The van der Waals surface area contributed by atoms with E-state index in [1.54, 1.807) is 45.0 Å². The van der Waals surface area contributed by atoms with Crippen molar-refractivity contribution in [3.05, 3.63) is 69.9 Å². The first-order valence-electron chi connectivity index (χ1n) is 10.4. The van der Waals surface area contributed by atoms with Crippen LogP contribution >= 0.6 is 0 Å². The van der Waals surface area contributed by atoms with E-state index in [0.29, 0.717) is 5.56 Å². The summed E-state index contributed by atoms with van der Waals surface area (Å²) in [7, 11) is 0. The molecule has 33 heavy (non-hydrogen) atoms. The molecule has 0 bridgehead atoms. The molecule has 0 saturated carbocycles. The minimum Gasteiger partial charge on any atom is -0.481 e. The lowest BCUT2D eigenvalue weighted by Crippen LogP contribution is -2.46. The number of carbonyl (C=O) groups is 2. The number of alkyl carbamates (subject to hydrolysis) is 1. The summed E-state index contributed by atoms with van der Waals surface area (Å²) < 4.78 is 52.3. The zero-order valence-electron chi connectivity index (χ0n) is 18.6. The van der Waals surface area contributed by atoms with Gasteiger partial charge in [0.15, 0.2) is 0 Å². The molecule has 0 radical (unpaired) electrons. The fraction of sp³-hybridized carbons (Fsp3) is 0.333. The van der Waals surface area contributed by atoms with E-state index in [-0.39, 0.29) is 47.3 Å². The molecule has 6 nitrogen and oxygen atoms in total. The number of nitrogens with one attached hydrogen (secondary N) is 1. The minimum absolute atomic E-state index is 0.0949. The van der Waals surface area contributed by atoms with Gasteiger partial charge in [-0.05, 0) is 57.0 Å². The molecule has 0 spiro atoms. The Morgan fingerprint density at radius 3 is 2.55 bits per heavy atom. The van der Waals surface area contributed by atoms with Crippen LogP contribution in [0, 0.1) is 6.92 Å². The summed E-state index contributed by atoms with van der Waals surface area (Å²) in [6.07, 6.45) is -5.40. The molecular formula is C24H23F3N2O4. The first-order chi connectivity index (χ1) is 15.5. The zero-order valence-corrected chi connectivity index (χ0v) is 18.6. The number of fused-ring (bicyclic) bond motifs is 2. The number of benzene rings is 2. The van der Waals surface area contributed by atoms with Crippen molar-refractivity contribution in [3.63, 3.8) is 0 Å². The molecule has 0 aromatic heterocycles. The molecular weight excluding hydrogens is 437 g/mol. The summed E-state index contributed by atoms with van der Waals surface area (Å²) >= 11 is 0. The van der Waals surface area contributed by atoms with Gasteiger partial charge in [-0.25, -0.2) is 4.79 Å². The summed E-state index contributed by atoms with van der Waals surface area (Å²) in [5, 5.41) is 2.63. The van der Waals surface area contributed by atoms with Crippen LogP contribution in [0.5, 0.6) is 5.75 Å². The molecule has 2 heterocycles. The van der Waals surface area contributed by atoms with Gasteiger partial charge in [0, 0.05) is 11.1 Å². The molecule has 9 heteroatoms. The van der Waals surface area contributed by atoms with Gasteiger partial charge < -0.3 is 14.4 Å². The molecule has 0 atom stereocenters. The van der Waals surface area contributed by atoms with Gasteiger partial charge in [-0.15, -0.1) is 0 Å². The Balaban J connectivity index is 1.99. The van der Waals surface area contributed by atoms with Crippen LogP contribution in [0.25, 0.3) is 5.70 Å². The summed E-state index contributed by atoms with van der Waals surface area (Å²) in [5.41, 5.74) is -0.500. The SMILES string of the molecule is CCOC(=O)NC1=C(N2Cc3ccccc3C2=O)c2c(ccc(C(F)(F)F)c2C)OC1(C)C. The number of nitrogens with zero attached hydrogens (tertiary/aromatic N) is 1. The van der Waals surface area contributed by atoms with Crippen LogP contribution in [-0.2, 0) is 17.5 Å². The van der Waals surface area contributed by atoms with E-state index in [0.717, 1.165) is 11.6 Å². The van der Waals surface area contributed by atoms with E-state index in [2.05, 4.69) is 5.32 Å². The van der Waals surface area contributed by atoms with Gasteiger partial charge in [-0.2, -0.15) is 13.2 Å². The highest BCUT2D eigenvalue weighted by molar-refractivity contribution is 6.04. The minimum atomic E-state index is -4.61. The molecule has 2 aromatic rings. The second-order valence-electron chi connectivity index (χ2n) is 8.34. The van der Waals surface area contributed by atoms with Crippen LogP contribution in [0.2, 0.25) is 0 Å². The van der Waals surface area contributed by atoms with E-state index in [4.69, 9.17) is 9.47 Å². The van der Waals surface area contributed by atoms with Crippen LogP contribution in [0.15, 0.2) is 42.1 Å². The summed E-state index contributed by atoms with van der Waals surface area (Å²) in [4.78, 5) is 27.1. The molecule has 2 aliphatic heterocycles. The van der Waals surface area contributed by atoms with E-state index >= 15 is 0 Å². The van der Waals surface area contributed by atoms with Crippen molar-refractivity contribution in [3.8, 4) is 5.75 Å². The molecule has 4 rings (SSSR count). The molecule has 2 amide bonds. The number of carbonyl (C=O) groups excluding carboxylic acids is 2. The Labute approximate surface area is 189 Å². The largest absolute Gasteiger partial charge is 0.481 e. The predicted octanol–water partition coefficient (Wildman–Crippen LogP) is 5.26. The Bertz CT molecular complexity index is 1180. The highest BCUT2D eigenvalue weighted by Gasteiger charge is 2.44. The third-order valence-electron chi connectivity index (χ3n) is 5.77. The number of hydrogen-bond acceptors (Lipinski definition) is 4. The van der Waals surface area contributed by atoms with Crippen molar-refractivity contribution in [2.45, 2.75) is 46.0 Å². The number of alkyl halides is 3. The van der Waals surface area contributed by atoms with Crippen molar-refractivity contribution in [1.82, 2.24) is 10.2 Å². The first-order valence-corrected chi connectivity index (χ1v) is 10.4. The topological polar surface area (TPSA) is 67.9 Å². The van der Waals surface area contributed by atoms with Crippen LogP contribution < -0.4 is 10.1 Å². The van der Waals surface area contributed by atoms with Gasteiger partial charge in [0.25, 0.3) is 5.91 Å². The van der Waals surface area contributed by atoms with Gasteiger partial charge in [-0.1, -0.05) is 18.2 Å². The number of halogens is 3. The maximum atomic E-state index is 13.7. The average molecular weight is 460 g/mol. The Hall–Kier alpha value is -3.49. The van der Waals surface area contributed by atoms with E-state index < -0.39 is 23.4 Å². The summed E-state index contributed by atoms with van der Waals surface area (Å²) in [6, 6.07) is 9.18. The van der Waals surface area contributed by atoms with E-state index in [9.17, 15) is 22.8 Å². The maximum Gasteiger partial charge on any atom is 0.416 e. The molecule has 2 aliphatic rings. The molecule has 0 unspecified atom stereocenters. The van der Waals surface area contributed by atoms with E-state index in [1.807, 2.05) is 0 Å². The zero-order chi connectivity index (χ0) is 24.1. The Morgan fingerprint density at radius 1 is 1.21 bits per heavy atom. The van der Waals surface area contributed by atoms with Gasteiger partial charge >= 0.3 is 12.3 Å². The number of ether oxygens (including phenoxy) is 2. The van der Waals surface area contributed by atoms with Crippen LogP contribution in [-0.4, -0.2) is 29.1 Å². The van der Waals surface area contributed by atoms with Gasteiger partial charge in [-0.3, -0.25) is 10.1 Å². The summed E-state index contributed by atoms with van der Waals surface area (Å²) in [6.45, 7) is 6.53. The molecule has 1 N–H and O–H groups in total. The van der Waals surface area contributed by atoms with Crippen molar-refractivity contribution >= 4 is 17.7 Å². The summed E-state index contributed by atoms with van der Waals surface area (Å²) in [5.74, 6) is -0.178. The van der Waals surface area contributed by atoms with Gasteiger partial charge in [0.2, 0.25) is 0 Å². The molecule has 174 valence electrons. The predicted molar refractivity (Wildman–Crippen MR) is 114 cm³/mol. The Kier molecular flexibility index (Phi) is 5.38. The average Bonchev–Trinajstić information content (AvgIpc) is 3.04. The fourth-order valence-electron chi connectivity index (χ4n) is 4.29. The molecule has 0 aliphatic carbocycles. The second-order valence-corrected chi connectivity index (χ2v) is 8.34. The van der Waals surface area contributed by atoms with Crippen molar-refractivity contribution in [1.29, 1.82) is 0 Å². The van der Waals surface area contributed by atoms with Crippen molar-refractivity contribution in [2.24, 2.45) is 0 Å². The first kappa shape index (κ1) is 22.7. The van der Waals surface area contributed by atoms with Crippen molar-refractivity contribution in [2.75, 3.05) is 6.61 Å². The normalized spacial score (nSPS) is 16.8. The van der Waals surface area contributed by atoms with Crippen LogP contribution in [0.4, 0.5) is 18.0 Å². The molecule has 0 fully saturated rings. The van der Waals surface area contributed by atoms with E-state index in [1.165, 1.54) is 17.9 Å². The third kappa shape index (κ3) is 3.81. The fourth-order valence-corrected chi connectivity index (χ4v) is 4.29. The maximum absolute atomic E-state index is 13.7. The second kappa shape index (κ2) is 7.83. The highest BCUT2D eigenvalue weighted by Crippen LogP contribution is 2.48. The lowest BCUT2D eigenvalue weighted by atomic mass is 9.89. The monoisotopic (exact) mass is 460 g/mol. The lowest BCUT2D eigenvalue weighted by Gasteiger charge is -2.40. The smallest absolute Gasteiger partial charge is 0.416 e. The van der Waals surface area contributed by atoms with Crippen molar-refractivity contribution < 1.29 is 32.2 Å². The van der Waals surface area contributed by atoms with Gasteiger partial charge in [0.05, 0.1) is 30.1 Å². The number of rotatable bonds is 3. The number of amides is 2. The molecule has 2 aromatic carbocycles.